The molecule has 5 nitrogen and oxygen atoms in total. The zero-order chi connectivity index (χ0) is 16.3. The van der Waals surface area contributed by atoms with Crippen molar-refractivity contribution in [2.24, 2.45) is 0 Å². The highest BCUT2D eigenvalue weighted by atomic mass is 16.5. The average Bonchev–Trinajstić information content (AvgIpc) is 3.00. The Morgan fingerprint density at radius 2 is 2.00 bits per heavy atom. The first kappa shape index (κ1) is 16.2. The van der Waals surface area contributed by atoms with Gasteiger partial charge in [0, 0.05) is 56.7 Å². The van der Waals surface area contributed by atoms with Crippen molar-refractivity contribution in [3.63, 3.8) is 0 Å². The second-order valence-electron chi connectivity index (χ2n) is 6.38. The van der Waals surface area contributed by atoms with Crippen LogP contribution in [0.2, 0.25) is 0 Å². The quantitative estimate of drug-likeness (QED) is 0.889. The molecule has 1 aromatic carbocycles. The molecule has 0 amide bonds. The predicted octanol–water partition coefficient (Wildman–Crippen LogP) is 2.37. The van der Waals surface area contributed by atoms with Crippen LogP contribution in [0.1, 0.15) is 37.2 Å². The van der Waals surface area contributed by atoms with Crippen LogP contribution in [0.4, 0.5) is 0 Å². The number of ether oxygens (including phenoxy) is 1. The normalized spacial score (nSPS) is 18.7. The third kappa shape index (κ3) is 3.80. The van der Waals surface area contributed by atoms with E-state index in [-0.39, 0.29) is 6.04 Å². The molecule has 3 rings (SSSR count). The first-order valence-electron chi connectivity index (χ1n) is 8.21. The summed E-state index contributed by atoms with van der Waals surface area (Å²) in [6.45, 7) is 6.00. The second-order valence-corrected chi connectivity index (χ2v) is 6.38. The molecule has 23 heavy (non-hydrogen) atoms. The Labute approximate surface area is 137 Å². The Morgan fingerprint density at radius 1 is 1.30 bits per heavy atom. The van der Waals surface area contributed by atoms with Gasteiger partial charge in [0.25, 0.3) is 0 Å². The number of aryl methyl sites for hydroxylation is 1. The van der Waals surface area contributed by atoms with Crippen molar-refractivity contribution < 1.29 is 9.84 Å². The minimum atomic E-state index is -0.639. The zero-order valence-corrected chi connectivity index (χ0v) is 13.8. The fourth-order valence-electron chi connectivity index (χ4n) is 2.96. The second kappa shape index (κ2) is 6.83. The minimum absolute atomic E-state index is 0.194. The Bertz CT molecular complexity index is 630. The smallest absolute Gasteiger partial charge is 0.110 e. The van der Waals surface area contributed by atoms with E-state index in [1.54, 1.807) is 0 Å². The van der Waals surface area contributed by atoms with Gasteiger partial charge in [-0.15, -0.1) is 0 Å². The number of nitrogens with zero attached hydrogens (tertiary/aromatic N) is 2. The van der Waals surface area contributed by atoms with E-state index in [1.807, 2.05) is 19.3 Å². The highest BCUT2D eigenvalue weighted by Crippen LogP contribution is 2.22. The van der Waals surface area contributed by atoms with Crippen molar-refractivity contribution in [2.75, 3.05) is 19.8 Å². The van der Waals surface area contributed by atoms with Gasteiger partial charge in [0.2, 0.25) is 0 Å². The largest absolute Gasteiger partial charge is 0.388 e. The van der Waals surface area contributed by atoms with Gasteiger partial charge in [-0.2, -0.15) is 0 Å². The van der Waals surface area contributed by atoms with Crippen LogP contribution in [0.5, 0.6) is 0 Å². The molecule has 1 aliphatic heterocycles. The van der Waals surface area contributed by atoms with Gasteiger partial charge in [-0.05, 0) is 31.5 Å². The summed E-state index contributed by atoms with van der Waals surface area (Å²) in [5.74, 6) is 0.977. The number of imidazole rings is 1. The molecular formula is C18H25N3O2. The van der Waals surface area contributed by atoms with Gasteiger partial charge in [0.1, 0.15) is 5.82 Å². The molecule has 5 heteroatoms. The minimum Gasteiger partial charge on any atom is -0.388 e. The van der Waals surface area contributed by atoms with Crippen LogP contribution < -0.4 is 5.32 Å². The molecule has 1 aromatic heterocycles. The van der Waals surface area contributed by atoms with E-state index >= 15 is 0 Å². The van der Waals surface area contributed by atoms with Gasteiger partial charge in [-0.3, -0.25) is 0 Å². The highest BCUT2D eigenvalue weighted by Gasteiger charge is 2.29. The lowest BCUT2D eigenvalue weighted by Gasteiger charge is -2.33. The third-order valence-corrected chi connectivity index (χ3v) is 4.66. The topological polar surface area (TPSA) is 59.3 Å². The van der Waals surface area contributed by atoms with E-state index in [4.69, 9.17) is 4.74 Å². The molecule has 0 bridgehead atoms. The molecule has 0 radical (unpaired) electrons. The Hall–Kier alpha value is -1.69. The highest BCUT2D eigenvalue weighted by molar-refractivity contribution is 5.36. The molecule has 1 saturated heterocycles. The summed E-state index contributed by atoms with van der Waals surface area (Å²) in [6.07, 6.45) is 5.17. The number of rotatable bonds is 5. The van der Waals surface area contributed by atoms with E-state index in [1.165, 1.54) is 5.56 Å². The maximum absolute atomic E-state index is 10.5. The van der Waals surface area contributed by atoms with E-state index in [9.17, 15) is 5.11 Å². The van der Waals surface area contributed by atoms with Crippen LogP contribution in [-0.4, -0.2) is 40.0 Å². The molecule has 0 spiro atoms. The molecule has 1 aliphatic rings. The zero-order valence-electron chi connectivity index (χ0n) is 13.8. The fourth-order valence-corrected chi connectivity index (χ4v) is 2.96. The van der Waals surface area contributed by atoms with Crippen molar-refractivity contribution in [1.29, 1.82) is 0 Å². The predicted molar refractivity (Wildman–Crippen MR) is 89.7 cm³/mol. The molecule has 0 saturated carbocycles. The lowest BCUT2D eigenvalue weighted by molar-refractivity contribution is -0.0626. The van der Waals surface area contributed by atoms with Crippen LogP contribution in [0.25, 0.3) is 5.69 Å². The van der Waals surface area contributed by atoms with Crippen LogP contribution >= 0.6 is 0 Å². The number of aromatic nitrogens is 2. The van der Waals surface area contributed by atoms with Gasteiger partial charge in [-0.1, -0.05) is 12.1 Å². The van der Waals surface area contributed by atoms with E-state index in [0.717, 1.165) is 11.5 Å². The summed E-state index contributed by atoms with van der Waals surface area (Å²) >= 11 is 0. The standard InChI is InChI=1S/C18H25N3O2/c1-14(20-13-18(22)7-11-23-12-8-18)16-3-5-17(6-4-16)21-10-9-19-15(21)2/h3-6,9-10,14,20,22H,7-8,11-13H2,1-2H3. The van der Waals surface area contributed by atoms with E-state index in [2.05, 4.69) is 46.1 Å². The van der Waals surface area contributed by atoms with Crippen molar-refractivity contribution in [2.45, 2.75) is 38.3 Å². The van der Waals surface area contributed by atoms with Crippen LogP contribution in [0.3, 0.4) is 0 Å². The van der Waals surface area contributed by atoms with Gasteiger partial charge < -0.3 is 19.7 Å². The molecule has 2 aromatic rings. The molecule has 2 N–H and O–H groups in total. The first-order chi connectivity index (χ1) is 11.1. The maximum atomic E-state index is 10.5. The van der Waals surface area contributed by atoms with Crippen molar-refractivity contribution >= 4 is 0 Å². The van der Waals surface area contributed by atoms with Crippen molar-refractivity contribution in [1.82, 2.24) is 14.9 Å². The van der Waals surface area contributed by atoms with Gasteiger partial charge in [0.15, 0.2) is 0 Å². The first-order valence-corrected chi connectivity index (χ1v) is 8.21. The summed E-state index contributed by atoms with van der Waals surface area (Å²) in [7, 11) is 0. The number of hydrogen-bond acceptors (Lipinski definition) is 4. The van der Waals surface area contributed by atoms with E-state index < -0.39 is 5.60 Å². The van der Waals surface area contributed by atoms with Crippen molar-refractivity contribution in [3.05, 3.63) is 48.0 Å². The Kier molecular flexibility index (Phi) is 4.80. The lowest BCUT2D eigenvalue weighted by Crippen LogP contribution is -2.45. The molecular weight excluding hydrogens is 290 g/mol. The van der Waals surface area contributed by atoms with Gasteiger partial charge in [0.05, 0.1) is 5.60 Å². The van der Waals surface area contributed by atoms with Crippen LogP contribution in [0.15, 0.2) is 36.7 Å². The Balaban J connectivity index is 1.61. The summed E-state index contributed by atoms with van der Waals surface area (Å²) < 4.78 is 7.38. The summed E-state index contributed by atoms with van der Waals surface area (Å²) in [6, 6.07) is 8.65. The molecule has 2 heterocycles. The summed E-state index contributed by atoms with van der Waals surface area (Å²) in [5.41, 5.74) is 1.68. The maximum Gasteiger partial charge on any atom is 0.110 e. The fraction of sp³-hybridized carbons (Fsp3) is 0.500. The Morgan fingerprint density at radius 3 is 2.61 bits per heavy atom. The number of benzene rings is 1. The van der Waals surface area contributed by atoms with Gasteiger partial charge in [-0.25, -0.2) is 4.98 Å². The SMILES string of the molecule is Cc1nccn1-c1ccc(C(C)NCC2(O)CCOCC2)cc1. The summed E-state index contributed by atoms with van der Waals surface area (Å²) in [4.78, 5) is 4.25. The lowest BCUT2D eigenvalue weighted by atomic mass is 9.94. The van der Waals surface area contributed by atoms with Gasteiger partial charge >= 0.3 is 0 Å². The van der Waals surface area contributed by atoms with Crippen LogP contribution in [-0.2, 0) is 4.74 Å². The van der Waals surface area contributed by atoms with Crippen LogP contribution in [0, 0.1) is 6.92 Å². The monoisotopic (exact) mass is 315 g/mol. The number of nitrogens with one attached hydrogen (secondary N) is 1. The number of aliphatic hydroxyl groups is 1. The molecule has 0 aliphatic carbocycles. The molecule has 124 valence electrons. The third-order valence-electron chi connectivity index (χ3n) is 4.66. The number of hydrogen-bond donors (Lipinski definition) is 2. The molecule has 1 fully saturated rings. The molecule has 1 unspecified atom stereocenters. The average molecular weight is 315 g/mol. The summed E-state index contributed by atoms with van der Waals surface area (Å²) in [5, 5.41) is 14.0. The molecule has 1 atom stereocenters. The van der Waals surface area contributed by atoms with E-state index in [0.29, 0.717) is 32.6 Å². The van der Waals surface area contributed by atoms with Crippen molar-refractivity contribution in [3.8, 4) is 5.69 Å².